The summed E-state index contributed by atoms with van der Waals surface area (Å²) in [6.07, 6.45) is 0. The molecule has 2 aromatic carbocycles. The molecule has 0 fully saturated rings. The number of halogens is 1. The smallest absolute Gasteiger partial charge is 0.193 e. The van der Waals surface area contributed by atoms with E-state index in [1.165, 1.54) is 16.7 Å². The summed E-state index contributed by atoms with van der Waals surface area (Å²) in [5.41, 5.74) is 3.67. The third kappa shape index (κ3) is 6.49. The van der Waals surface area contributed by atoms with Crippen LogP contribution in [0.2, 0.25) is 0 Å². The minimum Gasteiger partial charge on any atom is -0.380 e. The molecule has 24 heavy (non-hydrogen) atoms. The molecule has 4 nitrogen and oxygen atoms in total. The number of rotatable bonds is 6. The Bertz CT molecular complexity index is 614. The van der Waals surface area contributed by atoms with Crippen LogP contribution in [0.15, 0.2) is 59.6 Å². The molecule has 0 unspecified atom stereocenters. The molecule has 2 rings (SSSR count). The maximum Gasteiger partial charge on any atom is 0.193 e. The van der Waals surface area contributed by atoms with Crippen molar-refractivity contribution < 1.29 is 4.74 Å². The second-order valence-corrected chi connectivity index (χ2v) is 5.49. The van der Waals surface area contributed by atoms with E-state index < -0.39 is 0 Å². The minimum atomic E-state index is 0. The Morgan fingerprint density at radius 1 is 1.00 bits per heavy atom. The van der Waals surface area contributed by atoms with Gasteiger partial charge in [-0.05, 0) is 16.7 Å². The molecule has 0 radical (unpaired) electrons. The van der Waals surface area contributed by atoms with Gasteiger partial charge in [0.05, 0.1) is 6.61 Å². The fourth-order valence-corrected chi connectivity index (χ4v) is 2.42. The number of guanidine groups is 1. The highest BCUT2D eigenvalue weighted by atomic mass is 127. The predicted octanol–water partition coefficient (Wildman–Crippen LogP) is 3.66. The molecule has 1 N–H and O–H groups in total. The Hall–Kier alpha value is -1.60. The largest absolute Gasteiger partial charge is 0.380 e. The van der Waals surface area contributed by atoms with E-state index in [1.807, 2.05) is 20.2 Å². The number of aliphatic imine (C=N–C) groups is 1. The molecule has 0 aromatic heterocycles. The summed E-state index contributed by atoms with van der Waals surface area (Å²) in [4.78, 5) is 6.48. The lowest BCUT2D eigenvalue weighted by Crippen LogP contribution is -2.38. The number of methoxy groups -OCH3 is 1. The van der Waals surface area contributed by atoms with Gasteiger partial charge >= 0.3 is 0 Å². The Morgan fingerprint density at radius 3 is 2.21 bits per heavy atom. The number of nitrogens with one attached hydrogen (secondary N) is 1. The molecule has 0 saturated heterocycles. The van der Waals surface area contributed by atoms with Gasteiger partial charge in [0.15, 0.2) is 5.96 Å². The number of ether oxygens (including phenoxy) is 1. The Kier molecular flexibility index (Phi) is 9.41. The number of hydrogen-bond acceptors (Lipinski definition) is 2. The zero-order valence-corrected chi connectivity index (χ0v) is 16.9. The molecule has 0 bridgehead atoms. The number of hydrogen-bond donors (Lipinski definition) is 1. The van der Waals surface area contributed by atoms with E-state index in [-0.39, 0.29) is 24.0 Å². The maximum atomic E-state index is 5.13. The molecule has 0 aliphatic heterocycles. The monoisotopic (exact) mass is 439 g/mol. The lowest BCUT2D eigenvalue weighted by atomic mass is 10.1. The lowest BCUT2D eigenvalue weighted by molar-refractivity contribution is 0.185. The van der Waals surface area contributed by atoms with E-state index in [0.29, 0.717) is 6.61 Å². The first kappa shape index (κ1) is 20.4. The fraction of sp³-hybridized carbons (Fsp3) is 0.316. The van der Waals surface area contributed by atoms with Crippen LogP contribution in [0, 0.1) is 0 Å². The van der Waals surface area contributed by atoms with Crippen molar-refractivity contribution in [1.29, 1.82) is 0 Å². The van der Waals surface area contributed by atoms with E-state index in [9.17, 15) is 0 Å². The minimum absolute atomic E-state index is 0. The number of nitrogens with zero attached hydrogens (tertiary/aromatic N) is 2. The van der Waals surface area contributed by atoms with E-state index in [0.717, 1.165) is 19.0 Å². The molecule has 2 aromatic rings. The zero-order chi connectivity index (χ0) is 16.5. The van der Waals surface area contributed by atoms with Gasteiger partial charge in [0, 0.05) is 34.3 Å². The molecule has 0 heterocycles. The Labute approximate surface area is 162 Å². The molecular weight excluding hydrogens is 413 g/mol. The molecule has 0 saturated carbocycles. The van der Waals surface area contributed by atoms with E-state index in [2.05, 4.69) is 63.7 Å². The van der Waals surface area contributed by atoms with Crippen LogP contribution in [-0.2, 0) is 24.4 Å². The van der Waals surface area contributed by atoms with Gasteiger partial charge in [-0.15, -0.1) is 24.0 Å². The number of benzene rings is 2. The van der Waals surface area contributed by atoms with Crippen LogP contribution in [0.3, 0.4) is 0 Å². The zero-order valence-electron chi connectivity index (χ0n) is 14.5. The van der Waals surface area contributed by atoms with Gasteiger partial charge in [-0.1, -0.05) is 54.6 Å². The highest BCUT2D eigenvalue weighted by molar-refractivity contribution is 14.0. The molecular formula is C19H26IN3O. The summed E-state index contributed by atoms with van der Waals surface area (Å²) in [6.45, 7) is 2.22. The summed E-state index contributed by atoms with van der Waals surface area (Å²) < 4.78 is 5.13. The fourth-order valence-electron chi connectivity index (χ4n) is 2.42. The third-order valence-corrected chi connectivity index (χ3v) is 3.62. The highest BCUT2D eigenvalue weighted by Gasteiger charge is 2.06. The highest BCUT2D eigenvalue weighted by Crippen LogP contribution is 2.06. The first-order valence-corrected chi connectivity index (χ1v) is 7.75. The van der Waals surface area contributed by atoms with Gasteiger partial charge in [-0.25, -0.2) is 0 Å². The van der Waals surface area contributed by atoms with Crippen molar-refractivity contribution in [3.05, 3.63) is 71.3 Å². The Morgan fingerprint density at radius 2 is 1.62 bits per heavy atom. The maximum absolute atomic E-state index is 5.13. The van der Waals surface area contributed by atoms with Gasteiger partial charge in [-0.2, -0.15) is 0 Å². The SMILES string of the molecule is CN=C(NCc1ccc(COC)cc1)N(C)Cc1ccccc1.I. The van der Waals surface area contributed by atoms with Crippen LogP contribution in [0.5, 0.6) is 0 Å². The van der Waals surface area contributed by atoms with Crippen molar-refractivity contribution in [1.82, 2.24) is 10.2 Å². The first-order chi connectivity index (χ1) is 11.2. The predicted molar refractivity (Wildman–Crippen MR) is 111 cm³/mol. The molecule has 0 aliphatic carbocycles. The van der Waals surface area contributed by atoms with E-state index in [4.69, 9.17) is 4.74 Å². The van der Waals surface area contributed by atoms with Crippen molar-refractivity contribution >= 4 is 29.9 Å². The molecule has 5 heteroatoms. The summed E-state index contributed by atoms with van der Waals surface area (Å²) in [6, 6.07) is 18.8. The Balaban J connectivity index is 0.00000288. The standard InChI is InChI=1S/C19H25N3O.HI/c1-20-19(22(2)14-17-7-5-4-6-8-17)21-13-16-9-11-18(12-10-16)15-23-3;/h4-12H,13-15H2,1-3H3,(H,20,21);1H. The molecule has 0 aliphatic rings. The van der Waals surface area contributed by atoms with Crippen LogP contribution in [0.1, 0.15) is 16.7 Å². The topological polar surface area (TPSA) is 36.9 Å². The van der Waals surface area contributed by atoms with Crippen LogP contribution < -0.4 is 5.32 Å². The van der Waals surface area contributed by atoms with E-state index >= 15 is 0 Å². The van der Waals surface area contributed by atoms with Gasteiger partial charge in [0.25, 0.3) is 0 Å². The first-order valence-electron chi connectivity index (χ1n) is 7.75. The van der Waals surface area contributed by atoms with Crippen LogP contribution in [0.4, 0.5) is 0 Å². The summed E-state index contributed by atoms with van der Waals surface area (Å²) >= 11 is 0. The van der Waals surface area contributed by atoms with E-state index in [1.54, 1.807) is 7.11 Å². The van der Waals surface area contributed by atoms with Crippen molar-refractivity contribution in [3.8, 4) is 0 Å². The second-order valence-electron chi connectivity index (χ2n) is 5.49. The summed E-state index contributed by atoms with van der Waals surface area (Å²) in [5.74, 6) is 0.884. The van der Waals surface area contributed by atoms with Crippen molar-refractivity contribution in [3.63, 3.8) is 0 Å². The van der Waals surface area contributed by atoms with Crippen LogP contribution in [0.25, 0.3) is 0 Å². The summed E-state index contributed by atoms with van der Waals surface area (Å²) in [7, 11) is 5.57. The third-order valence-electron chi connectivity index (χ3n) is 3.62. The normalized spacial score (nSPS) is 10.9. The van der Waals surface area contributed by atoms with Crippen molar-refractivity contribution in [2.45, 2.75) is 19.7 Å². The molecule has 0 spiro atoms. The van der Waals surface area contributed by atoms with Gasteiger partial charge < -0.3 is 15.0 Å². The van der Waals surface area contributed by atoms with Gasteiger partial charge in [0.1, 0.15) is 0 Å². The van der Waals surface area contributed by atoms with Crippen molar-refractivity contribution in [2.24, 2.45) is 4.99 Å². The second kappa shape index (κ2) is 11.0. The summed E-state index contributed by atoms with van der Waals surface area (Å²) in [5, 5.41) is 3.40. The average Bonchev–Trinajstić information content (AvgIpc) is 2.58. The molecule has 0 atom stereocenters. The van der Waals surface area contributed by atoms with Crippen LogP contribution >= 0.6 is 24.0 Å². The van der Waals surface area contributed by atoms with Crippen molar-refractivity contribution in [2.75, 3.05) is 21.2 Å². The lowest BCUT2D eigenvalue weighted by Gasteiger charge is -2.22. The quantitative estimate of drug-likeness (QED) is 0.424. The van der Waals surface area contributed by atoms with Gasteiger partial charge in [-0.3, -0.25) is 4.99 Å². The van der Waals surface area contributed by atoms with Gasteiger partial charge in [0.2, 0.25) is 0 Å². The van der Waals surface area contributed by atoms with Crippen LogP contribution in [-0.4, -0.2) is 32.1 Å². The molecule has 0 amide bonds. The average molecular weight is 439 g/mol. The molecule has 130 valence electrons.